The molecule has 1 amide bonds. The molecule has 2 unspecified atom stereocenters. The molecule has 0 saturated heterocycles. The number of rotatable bonds is 9. The molecular formula is C15H21FN2O6S. The van der Waals surface area contributed by atoms with Gasteiger partial charge >= 0.3 is 5.97 Å². The Kier molecular flexibility index (Phi) is 7.31. The molecule has 10 heteroatoms. The average molecular weight is 376 g/mol. The van der Waals surface area contributed by atoms with Crippen LogP contribution in [0.25, 0.3) is 0 Å². The van der Waals surface area contributed by atoms with E-state index >= 15 is 0 Å². The Labute approximate surface area is 145 Å². The van der Waals surface area contributed by atoms with Gasteiger partial charge in [-0.15, -0.1) is 0 Å². The lowest BCUT2D eigenvalue weighted by atomic mass is 10.0. The number of amides is 1. The lowest BCUT2D eigenvalue weighted by molar-refractivity contribution is -0.142. The largest absolute Gasteiger partial charge is 0.497 e. The van der Waals surface area contributed by atoms with Crippen LogP contribution in [0.15, 0.2) is 29.2 Å². The fraction of sp³-hybridized carbons (Fsp3) is 0.467. The van der Waals surface area contributed by atoms with Gasteiger partial charge in [-0.3, -0.25) is 4.79 Å². The summed E-state index contributed by atoms with van der Waals surface area (Å²) in [6, 6.07) is 2.50. The number of carbonyl (C=O) groups excluding carboxylic acids is 1. The van der Waals surface area contributed by atoms with E-state index in [9.17, 15) is 22.4 Å². The predicted octanol–water partition coefficient (Wildman–Crippen LogP) is 0.537. The summed E-state index contributed by atoms with van der Waals surface area (Å²) < 4.78 is 44.7. The smallest absolute Gasteiger partial charge is 0.328 e. The van der Waals surface area contributed by atoms with Gasteiger partial charge in [0.15, 0.2) is 6.04 Å². The first kappa shape index (κ1) is 20.8. The second-order valence-corrected chi connectivity index (χ2v) is 7.29. The van der Waals surface area contributed by atoms with E-state index in [2.05, 4.69) is 4.72 Å². The molecule has 0 radical (unpaired) electrons. The van der Waals surface area contributed by atoms with Gasteiger partial charge in [-0.05, 0) is 30.2 Å². The molecule has 0 saturated carbocycles. The number of ether oxygens (including phenoxy) is 1. The molecule has 2 atom stereocenters. The first-order valence-corrected chi connectivity index (χ1v) is 8.86. The first-order valence-electron chi connectivity index (χ1n) is 7.38. The number of carboxylic acid groups (broad SMARTS) is 1. The average Bonchev–Trinajstić information content (AvgIpc) is 2.56. The van der Waals surface area contributed by atoms with Gasteiger partial charge < -0.3 is 15.2 Å². The zero-order valence-corrected chi connectivity index (χ0v) is 14.8. The van der Waals surface area contributed by atoms with Crippen molar-refractivity contribution >= 4 is 21.9 Å². The highest BCUT2D eigenvalue weighted by molar-refractivity contribution is 7.89. The molecule has 140 valence electrons. The van der Waals surface area contributed by atoms with Crippen LogP contribution in [0.4, 0.5) is 4.39 Å². The zero-order chi connectivity index (χ0) is 19.2. The van der Waals surface area contributed by atoms with Crippen molar-refractivity contribution in [1.82, 2.24) is 10.0 Å². The van der Waals surface area contributed by atoms with Crippen molar-refractivity contribution in [3.63, 3.8) is 0 Å². The fourth-order valence-corrected chi connectivity index (χ4v) is 3.25. The summed E-state index contributed by atoms with van der Waals surface area (Å²) in [5.41, 5.74) is 0. The number of carboxylic acids is 1. The topological polar surface area (TPSA) is 122 Å². The van der Waals surface area contributed by atoms with E-state index in [0.29, 0.717) is 5.75 Å². The molecule has 0 aliphatic carbocycles. The molecule has 0 spiro atoms. The normalized spacial score (nSPS) is 14.0. The van der Waals surface area contributed by atoms with Gasteiger partial charge in [0.1, 0.15) is 18.5 Å². The Morgan fingerprint density at radius 3 is 2.20 bits per heavy atom. The van der Waals surface area contributed by atoms with E-state index in [1.165, 1.54) is 31.4 Å². The number of halogens is 1. The van der Waals surface area contributed by atoms with Gasteiger partial charge in [0.05, 0.1) is 12.0 Å². The minimum Gasteiger partial charge on any atom is -0.497 e. The Bertz CT molecular complexity index is 705. The third-order valence-corrected chi connectivity index (χ3v) is 4.83. The number of hydrogen-bond acceptors (Lipinski definition) is 5. The van der Waals surface area contributed by atoms with Crippen molar-refractivity contribution in [3.8, 4) is 5.75 Å². The summed E-state index contributed by atoms with van der Waals surface area (Å²) in [6.07, 6.45) is 0. The van der Waals surface area contributed by atoms with Gasteiger partial charge in [-0.25, -0.2) is 17.6 Å². The summed E-state index contributed by atoms with van der Waals surface area (Å²) in [5.74, 6) is -2.50. The van der Waals surface area contributed by atoms with Crippen molar-refractivity contribution < 1.29 is 32.2 Å². The number of methoxy groups -OCH3 is 1. The fourth-order valence-electron chi connectivity index (χ4n) is 1.91. The van der Waals surface area contributed by atoms with Crippen molar-refractivity contribution in [2.75, 3.05) is 13.8 Å². The molecule has 3 N–H and O–H groups in total. The summed E-state index contributed by atoms with van der Waals surface area (Å²) in [6.45, 7) is 1.84. The molecule has 0 fully saturated rings. The molecule has 1 aromatic rings. The van der Waals surface area contributed by atoms with Crippen LogP contribution in [0.3, 0.4) is 0 Å². The Balaban J connectivity index is 2.98. The van der Waals surface area contributed by atoms with Crippen LogP contribution in [0, 0.1) is 5.92 Å². The molecule has 0 aromatic heterocycles. The summed E-state index contributed by atoms with van der Waals surface area (Å²) in [5, 5.41) is 10.8. The highest BCUT2D eigenvalue weighted by Gasteiger charge is 2.31. The number of carbonyl (C=O) groups is 2. The monoisotopic (exact) mass is 376 g/mol. The number of alkyl halides is 1. The van der Waals surface area contributed by atoms with E-state index < -0.39 is 46.6 Å². The SMILES string of the molecule is COc1ccc(S(=O)(=O)NC(C(=O)NC(CF)C(=O)O)C(C)C)cc1. The highest BCUT2D eigenvalue weighted by Crippen LogP contribution is 2.16. The molecule has 1 rings (SSSR count). The van der Waals surface area contributed by atoms with Crippen LogP contribution in [0.1, 0.15) is 13.8 Å². The van der Waals surface area contributed by atoms with Crippen molar-refractivity contribution in [2.45, 2.75) is 30.8 Å². The van der Waals surface area contributed by atoms with Crippen LogP contribution < -0.4 is 14.8 Å². The Morgan fingerprint density at radius 1 is 1.24 bits per heavy atom. The standard InChI is InChI=1S/C15H21FN2O6S/c1-9(2)13(14(19)17-12(8-16)15(20)21)18-25(22,23)11-6-4-10(24-3)5-7-11/h4-7,9,12-13,18H,8H2,1-3H3,(H,17,19)(H,20,21). The Morgan fingerprint density at radius 2 is 1.80 bits per heavy atom. The molecule has 0 aliphatic heterocycles. The van der Waals surface area contributed by atoms with Crippen molar-refractivity contribution in [2.24, 2.45) is 5.92 Å². The molecule has 0 bridgehead atoms. The van der Waals surface area contributed by atoms with Crippen LogP contribution in [-0.2, 0) is 19.6 Å². The zero-order valence-electron chi connectivity index (χ0n) is 14.0. The van der Waals surface area contributed by atoms with Crippen molar-refractivity contribution in [1.29, 1.82) is 0 Å². The second-order valence-electron chi connectivity index (χ2n) is 5.57. The van der Waals surface area contributed by atoms with Crippen molar-refractivity contribution in [3.05, 3.63) is 24.3 Å². The summed E-state index contributed by atoms with van der Waals surface area (Å²) in [4.78, 5) is 22.9. The maximum atomic E-state index is 12.7. The summed E-state index contributed by atoms with van der Waals surface area (Å²) in [7, 11) is -2.61. The highest BCUT2D eigenvalue weighted by atomic mass is 32.2. The van der Waals surface area contributed by atoms with E-state index in [0.717, 1.165) is 0 Å². The number of nitrogens with one attached hydrogen (secondary N) is 2. The first-order chi connectivity index (χ1) is 11.6. The third-order valence-electron chi connectivity index (χ3n) is 3.37. The maximum Gasteiger partial charge on any atom is 0.328 e. The van der Waals surface area contributed by atoms with Crippen LogP contribution in [0.5, 0.6) is 5.75 Å². The molecule has 0 aliphatic rings. The lowest BCUT2D eigenvalue weighted by Gasteiger charge is -2.23. The van der Waals surface area contributed by atoms with Gasteiger partial charge in [-0.2, -0.15) is 4.72 Å². The molecule has 25 heavy (non-hydrogen) atoms. The number of benzene rings is 1. The van der Waals surface area contributed by atoms with Crippen LogP contribution in [0.2, 0.25) is 0 Å². The number of aliphatic carboxylic acids is 1. The van der Waals surface area contributed by atoms with Crippen LogP contribution in [-0.4, -0.2) is 51.3 Å². The van der Waals surface area contributed by atoms with E-state index in [1.54, 1.807) is 13.8 Å². The number of hydrogen-bond donors (Lipinski definition) is 3. The second kappa shape index (κ2) is 8.77. The molecular weight excluding hydrogens is 355 g/mol. The minimum absolute atomic E-state index is 0.0907. The van der Waals surface area contributed by atoms with Gasteiger partial charge in [-0.1, -0.05) is 13.8 Å². The number of sulfonamides is 1. The quantitative estimate of drug-likeness (QED) is 0.578. The van der Waals surface area contributed by atoms with E-state index in [1.807, 2.05) is 5.32 Å². The van der Waals surface area contributed by atoms with Gasteiger partial charge in [0, 0.05) is 0 Å². The van der Waals surface area contributed by atoms with E-state index in [4.69, 9.17) is 9.84 Å². The van der Waals surface area contributed by atoms with Gasteiger partial charge in [0.2, 0.25) is 15.9 Å². The van der Waals surface area contributed by atoms with Crippen LogP contribution >= 0.6 is 0 Å². The lowest BCUT2D eigenvalue weighted by Crippen LogP contribution is -2.54. The third kappa shape index (κ3) is 5.68. The molecule has 8 nitrogen and oxygen atoms in total. The maximum absolute atomic E-state index is 12.7. The van der Waals surface area contributed by atoms with E-state index in [-0.39, 0.29) is 4.90 Å². The Hall–Kier alpha value is -2.20. The predicted molar refractivity (Wildman–Crippen MR) is 87.5 cm³/mol. The minimum atomic E-state index is -4.04. The molecule has 0 heterocycles. The summed E-state index contributed by atoms with van der Waals surface area (Å²) >= 11 is 0. The van der Waals surface area contributed by atoms with Gasteiger partial charge in [0.25, 0.3) is 0 Å². The molecule has 1 aromatic carbocycles.